The highest BCUT2D eigenvalue weighted by atomic mass is 19.1. The van der Waals surface area contributed by atoms with Crippen molar-refractivity contribution in [3.63, 3.8) is 0 Å². The van der Waals surface area contributed by atoms with E-state index in [0.29, 0.717) is 18.2 Å². The van der Waals surface area contributed by atoms with Crippen LogP contribution in [0, 0.1) is 11.7 Å². The summed E-state index contributed by atoms with van der Waals surface area (Å²) in [6.07, 6.45) is 3.93. The summed E-state index contributed by atoms with van der Waals surface area (Å²) in [5.41, 5.74) is 0. The minimum absolute atomic E-state index is 0.0355. The molecule has 1 aromatic heterocycles. The molecule has 1 N–H and O–H groups in total. The average molecular weight is 194 g/mol. The topological polar surface area (TPSA) is 42.0 Å². The maximum Gasteiger partial charge on any atom is 0.225 e. The van der Waals surface area contributed by atoms with Crippen molar-refractivity contribution >= 4 is 11.7 Å². The summed E-state index contributed by atoms with van der Waals surface area (Å²) >= 11 is 0. The third kappa shape index (κ3) is 2.52. The standard InChI is InChI=1S/C10H11FN2O/c11-8-3-4-9(12-6-8)13-10(14)5-7-1-2-7/h3-4,6-7H,1-2,5H2,(H,12,13,14). The van der Waals surface area contributed by atoms with Crippen molar-refractivity contribution in [3.05, 3.63) is 24.1 Å². The Bertz CT molecular complexity index is 332. The molecule has 1 amide bonds. The molecule has 2 rings (SSSR count). The van der Waals surface area contributed by atoms with Gasteiger partial charge in [-0.3, -0.25) is 4.79 Å². The fourth-order valence-corrected chi connectivity index (χ4v) is 1.23. The number of pyridine rings is 1. The second-order valence-electron chi connectivity index (χ2n) is 3.56. The Kier molecular flexibility index (Phi) is 2.43. The number of rotatable bonds is 3. The maximum atomic E-state index is 12.5. The Morgan fingerprint density at radius 2 is 2.36 bits per heavy atom. The van der Waals surface area contributed by atoms with Crippen LogP contribution in [-0.2, 0) is 4.79 Å². The number of nitrogens with zero attached hydrogens (tertiary/aromatic N) is 1. The van der Waals surface area contributed by atoms with E-state index in [1.807, 2.05) is 0 Å². The molecule has 1 aliphatic rings. The first-order chi connectivity index (χ1) is 6.74. The third-order valence-electron chi connectivity index (χ3n) is 2.17. The second-order valence-corrected chi connectivity index (χ2v) is 3.56. The van der Waals surface area contributed by atoms with Crippen LogP contribution in [0.1, 0.15) is 19.3 Å². The molecule has 14 heavy (non-hydrogen) atoms. The van der Waals surface area contributed by atoms with Gasteiger partial charge in [0.05, 0.1) is 6.20 Å². The van der Waals surface area contributed by atoms with E-state index in [1.54, 1.807) is 0 Å². The summed E-state index contributed by atoms with van der Waals surface area (Å²) in [4.78, 5) is 15.0. The van der Waals surface area contributed by atoms with Gasteiger partial charge in [0.1, 0.15) is 11.6 Å². The molecule has 0 aliphatic heterocycles. The van der Waals surface area contributed by atoms with Crippen LogP contribution in [-0.4, -0.2) is 10.9 Å². The Morgan fingerprint density at radius 1 is 1.57 bits per heavy atom. The first kappa shape index (κ1) is 9.12. The molecule has 4 heteroatoms. The molecule has 0 aromatic carbocycles. The molecule has 1 aromatic rings. The van der Waals surface area contributed by atoms with Gasteiger partial charge in [0, 0.05) is 6.42 Å². The van der Waals surface area contributed by atoms with Crippen molar-refractivity contribution in [2.24, 2.45) is 5.92 Å². The highest BCUT2D eigenvalue weighted by Gasteiger charge is 2.24. The lowest BCUT2D eigenvalue weighted by Gasteiger charge is -2.02. The fraction of sp³-hybridized carbons (Fsp3) is 0.400. The van der Waals surface area contributed by atoms with E-state index in [9.17, 15) is 9.18 Å². The average Bonchev–Trinajstić information content (AvgIpc) is 2.93. The minimum atomic E-state index is -0.398. The molecule has 1 aliphatic carbocycles. The lowest BCUT2D eigenvalue weighted by Crippen LogP contribution is -2.12. The number of anilines is 1. The monoisotopic (exact) mass is 194 g/mol. The molecule has 74 valence electrons. The Morgan fingerprint density at radius 3 is 2.93 bits per heavy atom. The van der Waals surface area contributed by atoms with Crippen molar-refractivity contribution < 1.29 is 9.18 Å². The quantitative estimate of drug-likeness (QED) is 0.799. The van der Waals surface area contributed by atoms with Gasteiger partial charge in [0.2, 0.25) is 5.91 Å². The van der Waals surface area contributed by atoms with E-state index in [0.717, 1.165) is 19.0 Å². The zero-order valence-corrected chi connectivity index (χ0v) is 7.66. The lowest BCUT2D eigenvalue weighted by molar-refractivity contribution is -0.116. The van der Waals surface area contributed by atoms with Crippen molar-refractivity contribution in [1.82, 2.24) is 4.98 Å². The van der Waals surface area contributed by atoms with E-state index >= 15 is 0 Å². The smallest absolute Gasteiger partial charge is 0.225 e. The van der Waals surface area contributed by atoms with Crippen LogP contribution in [0.2, 0.25) is 0 Å². The zero-order valence-electron chi connectivity index (χ0n) is 7.66. The SMILES string of the molecule is O=C(CC1CC1)Nc1ccc(F)cn1. The van der Waals surface area contributed by atoms with Gasteiger partial charge in [-0.1, -0.05) is 0 Å². The van der Waals surface area contributed by atoms with Crippen LogP contribution in [0.25, 0.3) is 0 Å². The number of aromatic nitrogens is 1. The highest BCUT2D eigenvalue weighted by molar-refractivity contribution is 5.89. The molecular formula is C10H11FN2O. The maximum absolute atomic E-state index is 12.5. The minimum Gasteiger partial charge on any atom is -0.311 e. The van der Waals surface area contributed by atoms with Crippen molar-refractivity contribution in [2.45, 2.75) is 19.3 Å². The zero-order chi connectivity index (χ0) is 9.97. The summed E-state index contributed by atoms with van der Waals surface area (Å²) in [5.74, 6) is 0.532. The summed E-state index contributed by atoms with van der Waals surface area (Å²) < 4.78 is 12.5. The number of halogens is 1. The van der Waals surface area contributed by atoms with Gasteiger partial charge in [-0.15, -0.1) is 0 Å². The number of amides is 1. The molecule has 3 nitrogen and oxygen atoms in total. The second kappa shape index (κ2) is 3.74. The first-order valence-electron chi connectivity index (χ1n) is 4.65. The molecule has 1 heterocycles. The van der Waals surface area contributed by atoms with E-state index in [2.05, 4.69) is 10.3 Å². The molecule has 0 atom stereocenters. The van der Waals surface area contributed by atoms with E-state index in [4.69, 9.17) is 0 Å². The Labute approximate surface area is 81.3 Å². The molecule has 0 unspecified atom stereocenters. The van der Waals surface area contributed by atoms with Gasteiger partial charge in [-0.2, -0.15) is 0 Å². The van der Waals surface area contributed by atoms with Crippen molar-refractivity contribution in [3.8, 4) is 0 Å². The molecule has 0 saturated heterocycles. The van der Waals surface area contributed by atoms with Crippen LogP contribution in [0.4, 0.5) is 10.2 Å². The van der Waals surface area contributed by atoms with Crippen molar-refractivity contribution in [2.75, 3.05) is 5.32 Å². The van der Waals surface area contributed by atoms with Crippen LogP contribution < -0.4 is 5.32 Å². The summed E-state index contributed by atoms with van der Waals surface area (Å²) in [6, 6.07) is 2.74. The van der Waals surface area contributed by atoms with Gasteiger partial charge in [-0.05, 0) is 30.9 Å². The number of hydrogen-bond donors (Lipinski definition) is 1. The van der Waals surface area contributed by atoms with Gasteiger partial charge >= 0.3 is 0 Å². The molecule has 1 fully saturated rings. The van der Waals surface area contributed by atoms with Crippen LogP contribution in [0.15, 0.2) is 18.3 Å². The normalized spacial score (nSPS) is 15.2. The van der Waals surface area contributed by atoms with Gasteiger partial charge < -0.3 is 5.32 Å². The Balaban J connectivity index is 1.89. The largest absolute Gasteiger partial charge is 0.311 e. The van der Waals surface area contributed by atoms with E-state index < -0.39 is 5.82 Å². The number of nitrogens with one attached hydrogen (secondary N) is 1. The number of carbonyl (C=O) groups is 1. The van der Waals surface area contributed by atoms with E-state index in [-0.39, 0.29) is 5.91 Å². The summed E-state index contributed by atoms with van der Waals surface area (Å²) in [7, 11) is 0. The molecule has 0 radical (unpaired) electrons. The van der Waals surface area contributed by atoms with Crippen LogP contribution >= 0.6 is 0 Å². The lowest BCUT2D eigenvalue weighted by atomic mass is 10.3. The highest BCUT2D eigenvalue weighted by Crippen LogP contribution is 2.32. The Hall–Kier alpha value is -1.45. The molecule has 0 spiro atoms. The summed E-state index contributed by atoms with van der Waals surface area (Å²) in [5, 5.41) is 2.62. The van der Waals surface area contributed by atoms with Crippen LogP contribution in [0.5, 0.6) is 0 Å². The fourth-order valence-electron chi connectivity index (χ4n) is 1.23. The van der Waals surface area contributed by atoms with Gasteiger partial charge in [-0.25, -0.2) is 9.37 Å². The summed E-state index contributed by atoms with van der Waals surface area (Å²) in [6.45, 7) is 0. The third-order valence-corrected chi connectivity index (χ3v) is 2.17. The van der Waals surface area contributed by atoms with Crippen LogP contribution in [0.3, 0.4) is 0 Å². The van der Waals surface area contributed by atoms with Gasteiger partial charge in [0.25, 0.3) is 0 Å². The van der Waals surface area contributed by atoms with Crippen molar-refractivity contribution in [1.29, 1.82) is 0 Å². The van der Waals surface area contributed by atoms with E-state index in [1.165, 1.54) is 12.1 Å². The predicted molar refractivity (Wildman–Crippen MR) is 50.2 cm³/mol. The number of carbonyl (C=O) groups excluding carboxylic acids is 1. The van der Waals surface area contributed by atoms with Gasteiger partial charge in [0.15, 0.2) is 0 Å². The molecule has 1 saturated carbocycles. The molecular weight excluding hydrogens is 183 g/mol. The number of hydrogen-bond acceptors (Lipinski definition) is 2. The first-order valence-corrected chi connectivity index (χ1v) is 4.65. The predicted octanol–water partition coefficient (Wildman–Crippen LogP) is 1.96. The molecule has 0 bridgehead atoms.